The van der Waals surface area contributed by atoms with Gasteiger partial charge in [-0.25, -0.2) is 4.79 Å². The zero-order valence-corrected chi connectivity index (χ0v) is 16.8. The lowest BCUT2D eigenvalue weighted by atomic mass is 10.1. The molecule has 154 valence electrons. The van der Waals surface area contributed by atoms with E-state index in [1.807, 2.05) is 18.2 Å². The maximum absolute atomic E-state index is 12.8. The van der Waals surface area contributed by atoms with Crippen molar-refractivity contribution in [1.29, 1.82) is 0 Å². The van der Waals surface area contributed by atoms with Gasteiger partial charge in [-0.05, 0) is 37.1 Å². The zero-order chi connectivity index (χ0) is 21.3. The quantitative estimate of drug-likeness (QED) is 0.773. The Morgan fingerprint density at radius 1 is 1.10 bits per heavy atom. The maximum atomic E-state index is 12.8. The van der Waals surface area contributed by atoms with E-state index in [9.17, 15) is 14.4 Å². The molecule has 0 spiro atoms. The number of nitrogens with one attached hydrogen (secondary N) is 1. The largest absolute Gasteiger partial charge is 0.465 e. The molecule has 0 radical (unpaired) electrons. The molecule has 0 unspecified atom stereocenters. The highest BCUT2D eigenvalue weighted by atomic mass is 16.5. The summed E-state index contributed by atoms with van der Waals surface area (Å²) in [4.78, 5) is 41.0. The molecule has 1 saturated heterocycles. The van der Waals surface area contributed by atoms with Crippen LogP contribution < -0.4 is 10.2 Å². The predicted octanol–water partition coefficient (Wildman–Crippen LogP) is 3.14. The van der Waals surface area contributed by atoms with Crippen molar-refractivity contribution < 1.29 is 19.1 Å². The second kappa shape index (κ2) is 8.02. The molecule has 7 heteroatoms. The van der Waals surface area contributed by atoms with E-state index >= 15 is 0 Å². The van der Waals surface area contributed by atoms with Crippen LogP contribution in [0.15, 0.2) is 49.0 Å². The number of methoxy groups -OCH3 is 1. The molecule has 2 aromatic rings. The third-order valence-electron chi connectivity index (χ3n) is 5.48. The van der Waals surface area contributed by atoms with Gasteiger partial charge in [-0.2, -0.15) is 0 Å². The number of carbonyl (C=O) groups excluding carboxylic acids is 3. The van der Waals surface area contributed by atoms with E-state index < -0.39 is 5.97 Å². The smallest absolute Gasteiger partial charge is 0.337 e. The fraction of sp³-hybridized carbons (Fsp3) is 0.261. The summed E-state index contributed by atoms with van der Waals surface area (Å²) in [7, 11) is 1.32. The van der Waals surface area contributed by atoms with Crippen LogP contribution in [0.2, 0.25) is 0 Å². The number of carbonyl (C=O) groups is 3. The van der Waals surface area contributed by atoms with Crippen LogP contribution in [0.1, 0.15) is 39.1 Å². The van der Waals surface area contributed by atoms with Crippen LogP contribution >= 0.6 is 0 Å². The SMILES string of the molecule is C=C1c2ccccc2C(=O)N1CC(=O)Nc1cc(C(=O)OC)ccc1N1CCCC1. The first-order valence-corrected chi connectivity index (χ1v) is 9.87. The Hall–Kier alpha value is -3.61. The zero-order valence-electron chi connectivity index (χ0n) is 16.8. The van der Waals surface area contributed by atoms with Crippen LogP contribution in [0, 0.1) is 0 Å². The molecule has 2 heterocycles. The van der Waals surface area contributed by atoms with Gasteiger partial charge >= 0.3 is 5.97 Å². The summed E-state index contributed by atoms with van der Waals surface area (Å²) in [5.74, 6) is -1.08. The lowest BCUT2D eigenvalue weighted by molar-refractivity contribution is -0.116. The van der Waals surface area contributed by atoms with Crippen LogP contribution in [0.3, 0.4) is 0 Å². The average Bonchev–Trinajstić information content (AvgIpc) is 3.37. The first-order valence-electron chi connectivity index (χ1n) is 9.87. The van der Waals surface area contributed by atoms with Crippen molar-refractivity contribution in [3.05, 3.63) is 65.7 Å². The van der Waals surface area contributed by atoms with Gasteiger partial charge in [-0.15, -0.1) is 0 Å². The first-order chi connectivity index (χ1) is 14.5. The van der Waals surface area contributed by atoms with Gasteiger partial charge in [0.25, 0.3) is 5.91 Å². The highest BCUT2D eigenvalue weighted by molar-refractivity contribution is 6.11. The standard InChI is InChI=1S/C23H23N3O4/c1-15-17-7-3-4-8-18(17)22(28)26(15)14-21(27)24-19-13-16(23(29)30-2)9-10-20(19)25-11-5-6-12-25/h3-4,7-10,13H,1,5-6,11-12,14H2,2H3,(H,24,27). The average molecular weight is 405 g/mol. The van der Waals surface area contributed by atoms with Gasteiger partial charge in [0.15, 0.2) is 0 Å². The van der Waals surface area contributed by atoms with Crippen molar-refractivity contribution >= 4 is 34.9 Å². The number of rotatable bonds is 5. The molecule has 2 aliphatic rings. The monoisotopic (exact) mass is 405 g/mol. The molecule has 1 N–H and O–H groups in total. The van der Waals surface area contributed by atoms with E-state index in [2.05, 4.69) is 16.8 Å². The van der Waals surface area contributed by atoms with Crippen molar-refractivity contribution in [1.82, 2.24) is 4.90 Å². The molecule has 30 heavy (non-hydrogen) atoms. The van der Waals surface area contributed by atoms with Crippen LogP contribution in [0.25, 0.3) is 5.70 Å². The molecule has 0 saturated carbocycles. The van der Waals surface area contributed by atoms with Crippen molar-refractivity contribution in [3.63, 3.8) is 0 Å². The topological polar surface area (TPSA) is 79.0 Å². The number of anilines is 2. The lowest BCUT2D eigenvalue weighted by Gasteiger charge is -2.23. The summed E-state index contributed by atoms with van der Waals surface area (Å²) in [6.45, 7) is 5.59. The number of hydrogen-bond acceptors (Lipinski definition) is 5. The van der Waals surface area contributed by atoms with E-state index in [1.165, 1.54) is 12.0 Å². The summed E-state index contributed by atoms with van der Waals surface area (Å²) >= 11 is 0. The number of amides is 2. The second-order valence-electron chi connectivity index (χ2n) is 7.35. The minimum absolute atomic E-state index is 0.158. The fourth-order valence-corrected chi connectivity index (χ4v) is 3.95. The minimum atomic E-state index is -0.475. The molecule has 2 aliphatic heterocycles. The van der Waals surface area contributed by atoms with Gasteiger partial charge in [0.2, 0.25) is 5.91 Å². The van der Waals surface area contributed by atoms with Gasteiger partial charge in [0, 0.05) is 29.9 Å². The summed E-state index contributed by atoms with van der Waals surface area (Å²) in [5, 5.41) is 2.88. The third-order valence-corrected chi connectivity index (χ3v) is 5.48. The summed E-state index contributed by atoms with van der Waals surface area (Å²) in [5.41, 5.74) is 3.52. The predicted molar refractivity (Wildman–Crippen MR) is 114 cm³/mol. The Bertz CT molecular complexity index is 1010. The Morgan fingerprint density at radius 2 is 1.80 bits per heavy atom. The molecule has 0 aliphatic carbocycles. The van der Waals surface area contributed by atoms with E-state index in [4.69, 9.17) is 4.74 Å². The van der Waals surface area contributed by atoms with Gasteiger partial charge in [0.05, 0.1) is 24.0 Å². The van der Waals surface area contributed by atoms with Crippen LogP contribution in [-0.4, -0.2) is 49.4 Å². The molecule has 4 rings (SSSR count). The number of hydrogen-bond donors (Lipinski definition) is 1. The van der Waals surface area contributed by atoms with Crippen molar-refractivity contribution in [2.75, 3.05) is 37.0 Å². The van der Waals surface area contributed by atoms with Crippen molar-refractivity contribution in [3.8, 4) is 0 Å². The number of fused-ring (bicyclic) bond motifs is 1. The number of benzene rings is 2. The number of nitrogens with zero attached hydrogens (tertiary/aromatic N) is 2. The van der Waals surface area contributed by atoms with E-state index in [0.717, 1.165) is 37.2 Å². The van der Waals surface area contributed by atoms with Crippen LogP contribution in [0.4, 0.5) is 11.4 Å². The molecule has 0 atom stereocenters. The van der Waals surface area contributed by atoms with Gasteiger partial charge in [-0.1, -0.05) is 24.8 Å². The van der Waals surface area contributed by atoms with E-state index in [1.54, 1.807) is 24.3 Å². The Labute approximate surface area is 174 Å². The Kier molecular flexibility index (Phi) is 5.27. The molecular weight excluding hydrogens is 382 g/mol. The molecule has 1 fully saturated rings. The number of ether oxygens (including phenoxy) is 1. The molecular formula is C23H23N3O4. The first kappa shape index (κ1) is 19.7. The highest BCUT2D eigenvalue weighted by Gasteiger charge is 2.32. The van der Waals surface area contributed by atoms with Crippen molar-refractivity contribution in [2.45, 2.75) is 12.8 Å². The molecule has 7 nitrogen and oxygen atoms in total. The van der Waals surface area contributed by atoms with Crippen molar-refractivity contribution in [2.24, 2.45) is 0 Å². The lowest BCUT2D eigenvalue weighted by Crippen LogP contribution is -2.33. The maximum Gasteiger partial charge on any atom is 0.337 e. The molecule has 2 amide bonds. The minimum Gasteiger partial charge on any atom is -0.465 e. The Morgan fingerprint density at radius 3 is 2.47 bits per heavy atom. The van der Waals surface area contributed by atoms with Gasteiger partial charge in [-0.3, -0.25) is 14.5 Å². The molecule has 0 aromatic heterocycles. The van der Waals surface area contributed by atoms with Crippen LogP contribution in [0.5, 0.6) is 0 Å². The van der Waals surface area contributed by atoms with E-state index in [0.29, 0.717) is 22.5 Å². The fourth-order valence-electron chi connectivity index (χ4n) is 3.95. The summed E-state index contributed by atoms with van der Waals surface area (Å²) in [6, 6.07) is 12.3. The third kappa shape index (κ3) is 3.54. The Balaban J connectivity index is 1.56. The summed E-state index contributed by atoms with van der Waals surface area (Å²) in [6.07, 6.45) is 2.15. The van der Waals surface area contributed by atoms with Gasteiger partial charge < -0.3 is 15.0 Å². The van der Waals surface area contributed by atoms with Crippen LogP contribution in [-0.2, 0) is 9.53 Å². The number of esters is 1. The van der Waals surface area contributed by atoms with Gasteiger partial charge in [0.1, 0.15) is 6.54 Å². The molecule has 0 bridgehead atoms. The van der Waals surface area contributed by atoms with E-state index in [-0.39, 0.29) is 18.4 Å². The second-order valence-corrected chi connectivity index (χ2v) is 7.35. The summed E-state index contributed by atoms with van der Waals surface area (Å²) < 4.78 is 4.80. The molecule has 2 aromatic carbocycles. The normalized spacial score (nSPS) is 15.4. The highest BCUT2D eigenvalue weighted by Crippen LogP contribution is 2.32.